The van der Waals surface area contributed by atoms with Gasteiger partial charge in [-0.15, -0.1) is 24.0 Å². The molecule has 0 aliphatic carbocycles. The molecule has 2 N–H and O–H groups in total. The molecule has 0 radical (unpaired) electrons. The minimum absolute atomic E-state index is 0. The Kier molecular flexibility index (Phi) is 7.78. The van der Waals surface area contributed by atoms with Gasteiger partial charge in [-0.2, -0.15) is 5.10 Å². The summed E-state index contributed by atoms with van der Waals surface area (Å²) in [5, 5.41) is 11.4. The van der Waals surface area contributed by atoms with Crippen molar-refractivity contribution in [1.82, 2.24) is 15.1 Å². The molecule has 3 aromatic rings. The van der Waals surface area contributed by atoms with Crippen LogP contribution in [0.5, 0.6) is 11.5 Å². The summed E-state index contributed by atoms with van der Waals surface area (Å²) in [7, 11) is 1.76. The van der Waals surface area contributed by atoms with E-state index in [9.17, 15) is 0 Å². The van der Waals surface area contributed by atoms with Gasteiger partial charge in [0.1, 0.15) is 0 Å². The molecule has 2 aromatic carbocycles. The molecule has 0 unspecified atom stereocenters. The number of benzene rings is 2. The lowest BCUT2D eigenvalue weighted by atomic mass is 10.2. The smallest absolute Gasteiger partial charge is 0.195 e. The molecule has 0 saturated heterocycles. The molecule has 31 heavy (non-hydrogen) atoms. The summed E-state index contributed by atoms with van der Waals surface area (Å²) in [6.45, 7) is 6.08. The third-order valence-corrected chi connectivity index (χ3v) is 5.11. The first-order chi connectivity index (χ1) is 14.7. The van der Waals surface area contributed by atoms with Gasteiger partial charge in [-0.1, -0.05) is 18.2 Å². The molecule has 0 saturated carbocycles. The van der Waals surface area contributed by atoms with E-state index in [4.69, 9.17) is 14.6 Å². The van der Waals surface area contributed by atoms with Crippen LogP contribution < -0.4 is 20.1 Å². The molecule has 4 rings (SSSR count). The number of anilines is 1. The highest BCUT2D eigenvalue weighted by Gasteiger charge is 2.14. The highest BCUT2D eigenvalue weighted by molar-refractivity contribution is 14.0. The minimum atomic E-state index is 0. The summed E-state index contributed by atoms with van der Waals surface area (Å²) in [6, 6.07) is 16.0. The molecular weight excluding hydrogens is 505 g/mol. The summed E-state index contributed by atoms with van der Waals surface area (Å²) in [4.78, 5) is 4.35. The Balaban J connectivity index is 0.00000272. The number of aromatic nitrogens is 2. The van der Waals surface area contributed by atoms with Crippen molar-refractivity contribution in [1.29, 1.82) is 0 Å². The average Bonchev–Trinajstić information content (AvgIpc) is 2.93. The van der Waals surface area contributed by atoms with Gasteiger partial charge in [0, 0.05) is 43.0 Å². The Morgan fingerprint density at radius 2 is 1.81 bits per heavy atom. The lowest BCUT2D eigenvalue weighted by Crippen LogP contribution is -2.30. The summed E-state index contributed by atoms with van der Waals surface area (Å²) < 4.78 is 13.4. The predicted molar refractivity (Wildman–Crippen MR) is 134 cm³/mol. The number of halogens is 1. The number of guanidine groups is 1. The van der Waals surface area contributed by atoms with E-state index >= 15 is 0 Å². The maximum absolute atomic E-state index is 5.77. The number of aryl methyl sites for hydroxylation is 1. The van der Waals surface area contributed by atoms with E-state index in [1.54, 1.807) is 7.05 Å². The zero-order valence-electron chi connectivity index (χ0n) is 18.0. The molecule has 0 spiro atoms. The number of nitrogens with one attached hydrogen (secondary N) is 2. The number of fused-ring (bicyclic) bond motifs is 1. The molecular formula is C23H28IN5O2. The normalized spacial score (nSPS) is 13.2. The van der Waals surface area contributed by atoms with E-state index in [0.29, 0.717) is 25.7 Å². The maximum atomic E-state index is 5.77. The van der Waals surface area contributed by atoms with Crippen LogP contribution >= 0.6 is 24.0 Å². The molecule has 1 aliphatic rings. The highest BCUT2D eigenvalue weighted by atomic mass is 127. The van der Waals surface area contributed by atoms with Gasteiger partial charge in [0.15, 0.2) is 17.5 Å². The third kappa shape index (κ3) is 5.30. The van der Waals surface area contributed by atoms with Crippen LogP contribution in [0.3, 0.4) is 0 Å². The molecule has 0 atom stereocenters. The largest absolute Gasteiger partial charge is 0.490 e. The van der Waals surface area contributed by atoms with Crippen molar-refractivity contribution in [2.75, 3.05) is 25.6 Å². The number of hydrogen-bond acceptors (Lipinski definition) is 4. The Bertz CT molecular complexity index is 1050. The van der Waals surface area contributed by atoms with E-state index in [0.717, 1.165) is 46.2 Å². The van der Waals surface area contributed by atoms with Crippen LogP contribution in [0.1, 0.15) is 23.4 Å². The SMILES string of the molecule is CN=C(NCc1c(C)nn(-c2ccccc2)c1C)Nc1ccc2c(c1)OCCCO2.I. The monoisotopic (exact) mass is 533 g/mol. The van der Waals surface area contributed by atoms with E-state index in [1.807, 2.05) is 48.0 Å². The van der Waals surface area contributed by atoms with Crippen LogP contribution in [0.25, 0.3) is 5.69 Å². The predicted octanol–water partition coefficient (Wildman–Crippen LogP) is 4.46. The minimum Gasteiger partial charge on any atom is -0.490 e. The quantitative estimate of drug-likeness (QED) is 0.295. The topological polar surface area (TPSA) is 72.7 Å². The van der Waals surface area contributed by atoms with Crippen molar-refractivity contribution >= 4 is 35.6 Å². The first kappa shape index (κ1) is 22.9. The van der Waals surface area contributed by atoms with Crippen molar-refractivity contribution in [3.8, 4) is 17.2 Å². The fourth-order valence-corrected chi connectivity index (χ4v) is 3.48. The standard InChI is InChI=1S/C23H27N5O2.HI/c1-16-20(17(2)28(27-16)19-8-5-4-6-9-19)15-25-23(24-3)26-18-10-11-21-22(14-18)30-13-7-12-29-21;/h4-6,8-11,14H,7,12-13,15H2,1-3H3,(H2,24,25,26);1H. The molecule has 1 aliphatic heterocycles. The maximum Gasteiger partial charge on any atom is 0.195 e. The summed E-state index contributed by atoms with van der Waals surface area (Å²) in [5.74, 6) is 2.21. The van der Waals surface area contributed by atoms with Gasteiger partial charge in [0.2, 0.25) is 0 Å². The van der Waals surface area contributed by atoms with Crippen LogP contribution in [-0.2, 0) is 6.54 Å². The molecule has 0 fully saturated rings. The molecule has 1 aromatic heterocycles. The van der Waals surface area contributed by atoms with Gasteiger partial charge < -0.3 is 20.1 Å². The fraction of sp³-hybridized carbons (Fsp3) is 0.304. The van der Waals surface area contributed by atoms with E-state index in [1.165, 1.54) is 0 Å². The van der Waals surface area contributed by atoms with Crippen molar-refractivity contribution in [3.63, 3.8) is 0 Å². The third-order valence-electron chi connectivity index (χ3n) is 5.11. The zero-order valence-corrected chi connectivity index (χ0v) is 20.3. The fourth-order valence-electron chi connectivity index (χ4n) is 3.48. The average molecular weight is 533 g/mol. The van der Waals surface area contributed by atoms with Crippen LogP contribution in [-0.4, -0.2) is 36.0 Å². The number of rotatable bonds is 4. The van der Waals surface area contributed by atoms with Crippen molar-refractivity contribution in [2.24, 2.45) is 4.99 Å². The Hall–Kier alpha value is -2.75. The van der Waals surface area contributed by atoms with Gasteiger partial charge in [0.05, 0.1) is 24.6 Å². The van der Waals surface area contributed by atoms with Crippen LogP contribution in [0.2, 0.25) is 0 Å². The molecule has 0 amide bonds. The summed E-state index contributed by atoms with van der Waals surface area (Å²) >= 11 is 0. The van der Waals surface area contributed by atoms with Gasteiger partial charge in [0.25, 0.3) is 0 Å². The van der Waals surface area contributed by atoms with E-state index < -0.39 is 0 Å². The van der Waals surface area contributed by atoms with Gasteiger partial charge in [-0.05, 0) is 38.1 Å². The molecule has 164 valence electrons. The zero-order chi connectivity index (χ0) is 20.9. The Morgan fingerprint density at radius 3 is 2.55 bits per heavy atom. The molecule has 7 nitrogen and oxygen atoms in total. The summed E-state index contributed by atoms with van der Waals surface area (Å²) in [5.41, 5.74) is 5.20. The lowest BCUT2D eigenvalue weighted by molar-refractivity contribution is 0.297. The second-order valence-electron chi connectivity index (χ2n) is 7.16. The van der Waals surface area contributed by atoms with Crippen LogP contribution in [0, 0.1) is 13.8 Å². The number of nitrogens with zero attached hydrogens (tertiary/aromatic N) is 3. The second-order valence-corrected chi connectivity index (χ2v) is 7.16. The number of para-hydroxylation sites is 1. The van der Waals surface area contributed by atoms with Gasteiger partial charge in [-0.3, -0.25) is 4.99 Å². The van der Waals surface area contributed by atoms with Crippen LogP contribution in [0.15, 0.2) is 53.5 Å². The second kappa shape index (κ2) is 10.5. The Labute approximate surface area is 199 Å². The first-order valence-electron chi connectivity index (χ1n) is 10.1. The van der Waals surface area contributed by atoms with E-state index in [2.05, 4.69) is 34.7 Å². The Morgan fingerprint density at radius 1 is 1.06 bits per heavy atom. The molecule has 2 heterocycles. The number of aliphatic imine (C=N–C) groups is 1. The van der Waals surface area contributed by atoms with E-state index in [-0.39, 0.29) is 24.0 Å². The van der Waals surface area contributed by atoms with Crippen LogP contribution in [0.4, 0.5) is 5.69 Å². The first-order valence-corrected chi connectivity index (χ1v) is 10.1. The molecule has 8 heteroatoms. The number of ether oxygens (including phenoxy) is 2. The van der Waals surface area contributed by atoms with Gasteiger partial charge >= 0.3 is 0 Å². The summed E-state index contributed by atoms with van der Waals surface area (Å²) in [6.07, 6.45) is 0.885. The number of hydrogen-bond donors (Lipinski definition) is 2. The highest BCUT2D eigenvalue weighted by Crippen LogP contribution is 2.32. The van der Waals surface area contributed by atoms with Crippen molar-refractivity contribution < 1.29 is 9.47 Å². The molecule has 0 bridgehead atoms. The lowest BCUT2D eigenvalue weighted by Gasteiger charge is -2.14. The van der Waals surface area contributed by atoms with Crippen molar-refractivity contribution in [3.05, 3.63) is 65.5 Å². The van der Waals surface area contributed by atoms with Gasteiger partial charge in [-0.25, -0.2) is 4.68 Å². The van der Waals surface area contributed by atoms with Crippen molar-refractivity contribution in [2.45, 2.75) is 26.8 Å².